The van der Waals surface area contributed by atoms with Crippen LogP contribution in [-0.2, 0) is 22.1 Å². The fraction of sp³-hybridized carbons (Fsp3) is 0.500. The van der Waals surface area contributed by atoms with Gasteiger partial charge in [-0.1, -0.05) is 31.1 Å². The SMILES string of the molecule is COCC(=O)N1CCCN(c2nc(CC(C)C)nc3onc(-c4cccc(C(F)(F)F)c4)c23)CC1. The standard InChI is InChI=1S/C24H28F3N5O3/c1-15(2)12-18-28-22(32-9-5-8-31(10-11-32)19(33)14-34-3)20-21(30-35-23(20)29-18)16-6-4-7-17(13-16)24(25,26)27/h4,6-7,13,15H,5,8-12,14H2,1-3H3. The van der Waals surface area contributed by atoms with Gasteiger partial charge in [-0.15, -0.1) is 0 Å². The van der Waals surface area contributed by atoms with Gasteiger partial charge in [-0.3, -0.25) is 4.79 Å². The number of nitrogens with zero attached hydrogens (tertiary/aromatic N) is 5. The first kappa shape index (κ1) is 24.9. The zero-order valence-corrected chi connectivity index (χ0v) is 19.9. The number of ether oxygens (including phenoxy) is 1. The summed E-state index contributed by atoms with van der Waals surface area (Å²) in [6.07, 6.45) is -3.18. The van der Waals surface area contributed by atoms with Crippen LogP contribution in [0.4, 0.5) is 19.0 Å². The van der Waals surface area contributed by atoms with E-state index in [2.05, 4.69) is 10.1 Å². The number of rotatable bonds is 6. The van der Waals surface area contributed by atoms with Gasteiger partial charge >= 0.3 is 6.18 Å². The zero-order chi connectivity index (χ0) is 25.2. The Morgan fingerprint density at radius 2 is 1.97 bits per heavy atom. The Hall–Kier alpha value is -3.21. The monoisotopic (exact) mass is 491 g/mol. The minimum atomic E-state index is -4.48. The van der Waals surface area contributed by atoms with Crippen molar-refractivity contribution in [3.63, 3.8) is 0 Å². The quantitative estimate of drug-likeness (QED) is 0.511. The number of hydrogen-bond donors (Lipinski definition) is 0. The second-order valence-corrected chi connectivity index (χ2v) is 9.01. The smallest absolute Gasteiger partial charge is 0.375 e. The normalized spacial score (nSPS) is 15.2. The van der Waals surface area contributed by atoms with E-state index in [1.165, 1.54) is 13.2 Å². The minimum absolute atomic E-state index is 0.0155. The van der Waals surface area contributed by atoms with Gasteiger partial charge in [0.25, 0.3) is 5.71 Å². The molecule has 0 bridgehead atoms. The first-order valence-electron chi connectivity index (χ1n) is 11.5. The van der Waals surface area contributed by atoms with Gasteiger partial charge in [0.15, 0.2) is 0 Å². The van der Waals surface area contributed by atoms with Crippen LogP contribution in [0.3, 0.4) is 0 Å². The van der Waals surface area contributed by atoms with Gasteiger partial charge in [0.2, 0.25) is 5.91 Å². The van der Waals surface area contributed by atoms with Crippen molar-refractivity contribution in [2.75, 3.05) is 44.8 Å². The lowest BCUT2D eigenvalue weighted by molar-refractivity contribution is -0.137. The molecule has 188 valence electrons. The summed E-state index contributed by atoms with van der Waals surface area (Å²) in [7, 11) is 1.48. The number of aromatic nitrogens is 3. The van der Waals surface area contributed by atoms with Gasteiger partial charge < -0.3 is 19.1 Å². The highest BCUT2D eigenvalue weighted by atomic mass is 19.4. The van der Waals surface area contributed by atoms with E-state index in [-0.39, 0.29) is 35.4 Å². The van der Waals surface area contributed by atoms with Crippen molar-refractivity contribution in [1.29, 1.82) is 0 Å². The Balaban J connectivity index is 1.78. The summed E-state index contributed by atoms with van der Waals surface area (Å²) in [4.78, 5) is 25.4. The molecule has 1 saturated heterocycles. The van der Waals surface area contributed by atoms with Crippen LogP contribution in [0.1, 0.15) is 31.7 Å². The van der Waals surface area contributed by atoms with Crippen molar-refractivity contribution >= 4 is 22.8 Å². The van der Waals surface area contributed by atoms with Crippen molar-refractivity contribution in [3.05, 3.63) is 35.7 Å². The van der Waals surface area contributed by atoms with E-state index in [9.17, 15) is 18.0 Å². The lowest BCUT2D eigenvalue weighted by Crippen LogP contribution is -2.37. The van der Waals surface area contributed by atoms with Crippen molar-refractivity contribution in [1.82, 2.24) is 20.0 Å². The molecule has 3 heterocycles. The summed E-state index contributed by atoms with van der Waals surface area (Å²) in [6, 6.07) is 4.98. The van der Waals surface area contributed by atoms with E-state index in [0.717, 1.165) is 12.1 Å². The van der Waals surface area contributed by atoms with E-state index < -0.39 is 11.7 Å². The number of anilines is 1. The summed E-state index contributed by atoms with van der Waals surface area (Å²) < 4.78 is 50.6. The second kappa shape index (κ2) is 10.2. The summed E-state index contributed by atoms with van der Waals surface area (Å²) in [5.74, 6) is 1.33. The number of alkyl halides is 3. The summed E-state index contributed by atoms with van der Waals surface area (Å²) in [5.41, 5.74) is -0.0118. The maximum Gasteiger partial charge on any atom is 0.416 e. The van der Waals surface area contributed by atoms with Gasteiger partial charge in [-0.2, -0.15) is 18.2 Å². The second-order valence-electron chi connectivity index (χ2n) is 9.01. The third-order valence-electron chi connectivity index (χ3n) is 5.83. The number of fused-ring (bicyclic) bond motifs is 1. The van der Waals surface area contributed by atoms with Gasteiger partial charge in [0.1, 0.15) is 29.3 Å². The van der Waals surface area contributed by atoms with Gasteiger partial charge in [0.05, 0.1) is 5.56 Å². The van der Waals surface area contributed by atoms with E-state index in [1.54, 1.807) is 11.0 Å². The van der Waals surface area contributed by atoms with E-state index in [1.807, 2.05) is 18.7 Å². The van der Waals surface area contributed by atoms with Crippen molar-refractivity contribution in [2.24, 2.45) is 5.92 Å². The summed E-state index contributed by atoms with van der Waals surface area (Å²) in [5, 5.41) is 4.57. The Kier molecular flexibility index (Phi) is 7.25. The zero-order valence-electron chi connectivity index (χ0n) is 19.9. The third kappa shape index (κ3) is 5.55. The van der Waals surface area contributed by atoms with Crippen molar-refractivity contribution in [2.45, 2.75) is 32.9 Å². The number of hydrogen-bond acceptors (Lipinski definition) is 7. The first-order valence-corrected chi connectivity index (χ1v) is 11.5. The maximum absolute atomic E-state index is 13.4. The molecular weight excluding hydrogens is 463 g/mol. The molecule has 8 nitrogen and oxygen atoms in total. The molecule has 0 unspecified atom stereocenters. The highest BCUT2D eigenvalue weighted by molar-refractivity contribution is 5.98. The number of halogens is 3. The van der Waals surface area contributed by atoms with Crippen LogP contribution in [0, 0.1) is 5.92 Å². The highest BCUT2D eigenvalue weighted by Gasteiger charge is 2.32. The topological polar surface area (TPSA) is 84.6 Å². The molecular formula is C24H28F3N5O3. The first-order chi connectivity index (χ1) is 16.7. The molecule has 0 N–H and O–H groups in total. The Labute approximate surface area is 201 Å². The van der Waals surface area contributed by atoms with E-state index >= 15 is 0 Å². The molecule has 1 aromatic carbocycles. The van der Waals surface area contributed by atoms with Crippen molar-refractivity contribution in [3.8, 4) is 11.3 Å². The number of carbonyl (C=O) groups is 1. The summed E-state index contributed by atoms with van der Waals surface area (Å²) in [6.45, 7) is 6.27. The van der Waals surface area contributed by atoms with Crippen LogP contribution in [-0.4, -0.2) is 65.8 Å². The number of amides is 1. The van der Waals surface area contributed by atoms with Crippen molar-refractivity contribution < 1.29 is 27.2 Å². The van der Waals surface area contributed by atoms with E-state index in [0.29, 0.717) is 56.0 Å². The van der Waals surface area contributed by atoms with Crippen LogP contribution in [0.15, 0.2) is 28.8 Å². The van der Waals surface area contributed by atoms with Gasteiger partial charge in [-0.05, 0) is 24.5 Å². The highest BCUT2D eigenvalue weighted by Crippen LogP contribution is 2.37. The molecule has 0 saturated carbocycles. The van der Waals surface area contributed by atoms with E-state index in [4.69, 9.17) is 14.2 Å². The molecule has 1 aliphatic rings. The molecule has 2 aromatic heterocycles. The third-order valence-corrected chi connectivity index (χ3v) is 5.83. The molecule has 35 heavy (non-hydrogen) atoms. The van der Waals surface area contributed by atoms with Crippen LogP contribution < -0.4 is 4.90 Å². The molecule has 0 aliphatic carbocycles. The summed E-state index contributed by atoms with van der Waals surface area (Å²) >= 11 is 0. The molecule has 11 heteroatoms. The fourth-order valence-electron chi connectivity index (χ4n) is 4.20. The molecule has 4 rings (SSSR count). The lowest BCUT2D eigenvalue weighted by Gasteiger charge is -2.24. The predicted octanol–water partition coefficient (Wildman–Crippen LogP) is 4.19. The average molecular weight is 492 g/mol. The van der Waals surface area contributed by atoms with Crippen LogP contribution in [0.5, 0.6) is 0 Å². The Morgan fingerprint density at radius 1 is 1.17 bits per heavy atom. The molecule has 1 aliphatic heterocycles. The van der Waals surface area contributed by atoms with Crippen LogP contribution in [0.25, 0.3) is 22.4 Å². The number of carbonyl (C=O) groups excluding carboxylic acids is 1. The average Bonchev–Trinajstić information content (AvgIpc) is 3.06. The number of benzene rings is 1. The predicted molar refractivity (Wildman–Crippen MR) is 124 cm³/mol. The van der Waals surface area contributed by atoms with Gasteiger partial charge in [0, 0.05) is 45.3 Å². The minimum Gasteiger partial charge on any atom is -0.375 e. The Morgan fingerprint density at radius 3 is 2.69 bits per heavy atom. The fourth-order valence-corrected chi connectivity index (χ4v) is 4.20. The van der Waals surface area contributed by atoms with Crippen LogP contribution >= 0.6 is 0 Å². The maximum atomic E-state index is 13.4. The molecule has 0 radical (unpaired) electrons. The lowest BCUT2D eigenvalue weighted by atomic mass is 10.1. The van der Waals surface area contributed by atoms with Crippen LogP contribution in [0.2, 0.25) is 0 Å². The molecule has 1 amide bonds. The Bertz CT molecular complexity index is 1190. The molecule has 1 fully saturated rings. The molecule has 0 spiro atoms. The molecule has 3 aromatic rings. The van der Waals surface area contributed by atoms with Gasteiger partial charge in [-0.25, -0.2) is 4.98 Å². The molecule has 0 atom stereocenters. The largest absolute Gasteiger partial charge is 0.416 e. The number of methoxy groups -OCH3 is 1.